The Balaban J connectivity index is 2.74. The summed E-state index contributed by atoms with van der Waals surface area (Å²) in [5, 5.41) is 15.5. The lowest BCUT2D eigenvalue weighted by Gasteiger charge is -2.21. The van der Waals surface area contributed by atoms with Crippen molar-refractivity contribution in [3.8, 4) is 0 Å². The Bertz CT molecular complexity index is 444. The smallest absolute Gasteiger partial charge is 0.308 e. The summed E-state index contributed by atoms with van der Waals surface area (Å²) in [6, 6.07) is 0. The van der Waals surface area contributed by atoms with Crippen LogP contribution >= 0.6 is 0 Å². The first-order chi connectivity index (χ1) is 8.99. The summed E-state index contributed by atoms with van der Waals surface area (Å²) in [4.78, 5) is 28.5. The Morgan fingerprint density at radius 3 is 2.63 bits per heavy atom. The zero-order chi connectivity index (χ0) is 14.4. The van der Waals surface area contributed by atoms with E-state index in [2.05, 4.69) is 15.2 Å². The molecular formula is C12H20N4O3. The lowest BCUT2D eigenvalue weighted by atomic mass is 10.1. The van der Waals surface area contributed by atoms with Gasteiger partial charge in [-0.05, 0) is 13.3 Å². The molecule has 1 heterocycles. The van der Waals surface area contributed by atoms with Gasteiger partial charge < -0.3 is 10.0 Å². The Morgan fingerprint density at radius 2 is 2.11 bits per heavy atom. The van der Waals surface area contributed by atoms with Gasteiger partial charge in [0, 0.05) is 19.5 Å². The largest absolute Gasteiger partial charge is 0.481 e. The third-order valence-corrected chi connectivity index (χ3v) is 2.79. The summed E-state index contributed by atoms with van der Waals surface area (Å²) in [5.41, 5.74) is 0. The quantitative estimate of drug-likeness (QED) is 0.766. The highest BCUT2D eigenvalue weighted by molar-refractivity contribution is 5.90. The number of carbonyl (C=O) groups is 2. The van der Waals surface area contributed by atoms with Crippen LogP contribution in [0.5, 0.6) is 0 Å². The fourth-order valence-corrected chi connectivity index (χ4v) is 1.65. The summed E-state index contributed by atoms with van der Waals surface area (Å²) in [5.74, 6) is -1.10. The minimum atomic E-state index is -0.923. The third kappa shape index (κ3) is 4.04. The van der Waals surface area contributed by atoms with Crippen molar-refractivity contribution >= 4 is 11.9 Å². The van der Waals surface area contributed by atoms with Crippen LogP contribution in [-0.2, 0) is 11.2 Å². The van der Waals surface area contributed by atoms with Gasteiger partial charge >= 0.3 is 5.97 Å². The molecule has 0 bridgehead atoms. The van der Waals surface area contributed by atoms with Crippen LogP contribution in [0.1, 0.15) is 43.6 Å². The molecule has 7 nitrogen and oxygen atoms in total. The topological polar surface area (TPSA) is 99.2 Å². The average Bonchev–Trinajstić information content (AvgIpc) is 2.83. The van der Waals surface area contributed by atoms with Gasteiger partial charge in [0.2, 0.25) is 5.82 Å². The number of aryl methyl sites for hydroxylation is 1. The van der Waals surface area contributed by atoms with Crippen LogP contribution in [0.4, 0.5) is 0 Å². The number of hydrogen-bond acceptors (Lipinski definition) is 4. The first kappa shape index (κ1) is 15.1. The number of nitrogens with zero attached hydrogens (tertiary/aromatic N) is 3. The van der Waals surface area contributed by atoms with Crippen molar-refractivity contribution in [1.82, 2.24) is 20.1 Å². The van der Waals surface area contributed by atoms with Crippen LogP contribution in [0, 0.1) is 5.92 Å². The normalized spacial score (nSPS) is 12.2. The van der Waals surface area contributed by atoms with E-state index in [1.807, 2.05) is 6.92 Å². The average molecular weight is 268 g/mol. The van der Waals surface area contributed by atoms with Crippen molar-refractivity contribution in [3.63, 3.8) is 0 Å². The second kappa shape index (κ2) is 6.86. The molecule has 7 heteroatoms. The molecule has 0 aliphatic carbocycles. The fourth-order valence-electron chi connectivity index (χ4n) is 1.65. The Morgan fingerprint density at radius 1 is 1.42 bits per heavy atom. The first-order valence-electron chi connectivity index (χ1n) is 6.42. The van der Waals surface area contributed by atoms with E-state index in [4.69, 9.17) is 5.11 Å². The Hall–Kier alpha value is -1.92. The highest BCUT2D eigenvalue weighted by Crippen LogP contribution is 2.05. The third-order valence-electron chi connectivity index (χ3n) is 2.79. The van der Waals surface area contributed by atoms with Crippen LogP contribution in [0.15, 0.2) is 0 Å². The Kier molecular flexibility index (Phi) is 5.47. The van der Waals surface area contributed by atoms with E-state index in [0.29, 0.717) is 12.4 Å². The van der Waals surface area contributed by atoms with Gasteiger partial charge in [0.25, 0.3) is 5.91 Å². The van der Waals surface area contributed by atoms with Gasteiger partial charge in [-0.1, -0.05) is 13.8 Å². The van der Waals surface area contributed by atoms with E-state index in [-0.39, 0.29) is 18.3 Å². The number of carboxylic acids is 1. The molecule has 1 amide bonds. The molecule has 1 aromatic heterocycles. The van der Waals surface area contributed by atoms with Crippen molar-refractivity contribution < 1.29 is 14.7 Å². The molecule has 1 aromatic rings. The number of aromatic amines is 1. The van der Waals surface area contributed by atoms with Crippen LogP contribution in [0.25, 0.3) is 0 Å². The maximum Gasteiger partial charge on any atom is 0.308 e. The summed E-state index contributed by atoms with van der Waals surface area (Å²) in [6.45, 7) is 5.96. The van der Waals surface area contributed by atoms with E-state index < -0.39 is 11.9 Å². The maximum absolute atomic E-state index is 12.1. The van der Waals surface area contributed by atoms with E-state index in [1.54, 1.807) is 13.8 Å². The minimum absolute atomic E-state index is 0.0999. The van der Waals surface area contributed by atoms with Gasteiger partial charge in [0.1, 0.15) is 5.82 Å². The zero-order valence-electron chi connectivity index (χ0n) is 11.5. The summed E-state index contributed by atoms with van der Waals surface area (Å²) < 4.78 is 0. The van der Waals surface area contributed by atoms with E-state index in [9.17, 15) is 9.59 Å². The Labute approximate surface area is 112 Å². The van der Waals surface area contributed by atoms with Crippen LogP contribution in [0.3, 0.4) is 0 Å². The van der Waals surface area contributed by atoms with Crippen molar-refractivity contribution in [2.75, 3.05) is 13.1 Å². The lowest BCUT2D eigenvalue weighted by molar-refractivity contribution is -0.141. The number of aromatic nitrogens is 3. The molecule has 0 aromatic carbocycles. The number of hydrogen-bond donors (Lipinski definition) is 2. The molecule has 0 fully saturated rings. The van der Waals surface area contributed by atoms with Crippen LogP contribution in [-0.4, -0.2) is 50.2 Å². The van der Waals surface area contributed by atoms with Gasteiger partial charge in [0.05, 0.1) is 5.92 Å². The van der Waals surface area contributed by atoms with Gasteiger partial charge in [-0.2, -0.15) is 0 Å². The highest BCUT2D eigenvalue weighted by atomic mass is 16.4. The number of carbonyl (C=O) groups excluding carboxylic acids is 1. The van der Waals surface area contributed by atoms with Crippen LogP contribution in [0.2, 0.25) is 0 Å². The van der Waals surface area contributed by atoms with Gasteiger partial charge in [-0.15, -0.1) is 5.10 Å². The summed E-state index contributed by atoms with van der Waals surface area (Å²) in [6.07, 6.45) is 1.65. The number of H-pyrrole nitrogens is 1. The SMILES string of the molecule is CCCc1nc(C(=O)N(CC)CC(C)C(=O)O)n[nH]1. The molecule has 1 unspecified atom stereocenters. The van der Waals surface area contributed by atoms with Gasteiger partial charge in [-0.3, -0.25) is 14.7 Å². The standard InChI is InChI=1S/C12H20N4O3/c1-4-6-9-13-10(15-14-9)11(17)16(5-2)7-8(3)12(18)19/h8H,4-7H2,1-3H3,(H,18,19)(H,13,14,15). The molecule has 0 radical (unpaired) electrons. The molecule has 0 saturated heterocycles. The lowest BCUT2D eigenvalue weighted by Crippen LogP contribution is -2.37. The summed E-state index contributed by atoms with van der Waals surface area (Å²) >= 11 is 0. The summed E-state index contributed by atoms with van der Waals surface area (Å²) in [7, 11) is 0. The van der Waals surface area contributed by atoms with Gasteiger partial charge in [-0.25, -0.2) is 4.98 Å². The predicted molar refractivity (Wildman–Crippen MR) is 68.8 cm³/mol. The number of aliphatic carboxylic acids is 1. The van der Waals surface area contributed by atoms with Crippen molar-refractivity contribution in [1.29, 1.82) is 0 Å². The minimum Gasteiger partial charge on any atom is -0.481 e. The highest BCUT2D eigenvalue weighted by Gasteiger charge is 2.23. The maximum atomic E-state index is 12.1. The molecule has 0 saturated carbocycles. The molecule has 2 N–H and O–H groups in total. The van der Waals surface area contributed by atoms with Crippen LogP contribution < -0.4 is 0 Å². The van der Waals surface area contributed by atoms with E-state index >= 15 is 0 Å². The second-order valence-electron chi connectivity index (χ2n) is 4.44. The zero-order valence-corrected chi connectivity index (χ0v) is 11.5. The first-order valence-corrected chi connectivity index (χ1v) is 6.42. The number of nitrogens with one attached hydrogen (secondary N) is 1. The fraction of sp³-hybridized carbons (Fsp3) is 0.667. The van der Waals surface area contributed by atoms with Crippen molar-refractivity contribution in [3.05, 3.63) is 11.6 Å². The molecule has 0 aliphatic rings. The van der Waals surface area contributed by atoms with Crippen molar-refractivity contribution in [2.24, 2.45) is 5.92 Å². The molecule has 1 rings (SSSR count). The molecule has 106 valence electrons. The second-order valence-corrected chi connectivity index (χ2v) is 4.44. The molecule has 1 atom stereocenters. The number of amides is 1. The predicted octanol–water partition coefficient (Wildman–Crippen LogP) is 0.940. The number of rotatable bonds is 7. The van der Waals surface area contributed by atoms with E-state index in [0.717, 1.165) is 12.8 Å². The monoisotopic (exact) mass is 268 g/mol. The van der Waals surface area contributed by atoms with Gasteiger partial charge in [0.15, 0.2) is 0 Å². The molecule has 0 aliphatic heterocycles. The molecule has 0 spiro atoms. The number of carboxylic acid groups (broad SMARTS) is 1. The molecule has 19 heavy (non-hydrogen) atoms. The van der Waals surface area contributed by atoms with E-state index in [1.165, 1.54) is 4.90 Å². The molecular weight excluding hydrogens is 248 g/mol. The van der Waals surface area contributed by atoms with Crippen molar-refractivity contribution in [2.45, 2.75) is 33.6 Å².